The second-order valence-corrected chi connectivity index (χ2v) is 7.54. The highest BCUT2D eigenvalue weighted by Gasteiger charge is 2.29. The molecule has 1 amide bonds. The molecule has 0 bridgehead atoms. The SMILES string of the molecule is Cc1cc(C)cc(C(=O)N2CCN(C)C(c3ccc(Cl)c(C)c3)C2)c1. The lowest BCUT2D eigenvalue weighted by molar-refractivity contribution is 0.0546. The summed E-state index contributed by atoms with van der Waals surface area (Å²) < 4.78 is 0. The molecule has 0 radical (unpaired) electrons. The first kappa shape index (κ1) is 18.0. The number of carbonyl (C=O) groups excluding carboxylic acids is 1. The van der Waals surface area contributed by atoms with Crippen molar-refractivity contribution in [3.63, 3.8) is 0 Å². The van der Waals surface area contributed by atoms with Crippen LogP contribution in [0.2, 0.25) is 5.02 Å². The van der Waals surface area contributed by atoms with Gasteiger partial charge >= 0.3 is 0 Å². The molecule has 1 atom stereocenters. The number of halogens is 1. The molecule has 3 rings (SSSR count). The molecule has 1 unspecified atom stereocenters. The van der Waals surface area contributed by atoms with Crippen LogP contribution < -0.4 is 0 Å². The molecule has 1 fully saturated rings. The van der Waals surface area contributed by atoms with Gasteiger partial charge < -0.3 is 4.90 Å². The van der Waals surface area contributed by atoms with Crippen molar-refractivity contribution in [1.29, 1.82) is 0 Å². The van der Waals surface area contributed by atoms with E-state index in [1.54, 1.807) is 0 Å². The van der Waals surface area contributed by atoms with Crippen LogP contribution in [0.4, 0.5) is 0 Å². The molecule has 0 aromatic heterocycles. The zero-order chi connectivity index (χ0) is 18.1. The van der Waals surface area contributed by atoms with E-state index in [4.69, 9.17) is 11.6 Å². The lowest BCUT2D eigenvalue weighted by Crippen LogP contribution is -2.49. The summed E-state index contributed by atoms with van der Waals surface area (Å²) in [5.41, 5.74) is 5.32. The summed E-state index contributed by atoms with van der Waals surface area (Å²) in [6, 6.07) is 12.4. The topological polar surface area (TPSA) is 23.6 Å². The molecule has 1 aliphatic heterocycles. The van der Waals surface area contributed by atoms with Crippen LogP contribution in [-0.4, -0.2) is 42.4 Å². The Morgan fingerprint density at radius 1 is 1.04 bits per heavy atom. The quantitative estimate of drug-likeness (QED) is 0.796. The van der Waals surface area contributed by atoms with E-state index in [1.807, 2.05) is 43.9 Å². The van der Waals surface area contributed by atoms with Crippen LogP contribution in [0.5, 0.6) is 0 Å². The van der Waals surface area contributed by atoms with Crippen molar-refractivity contribution in [3.8, 4) is 0 Å². The van der Waals surface area contributed by atoms with Gasteiger partial charge in [-0.25, -0.2) is 0 Å². The molecule has 132 valence electrons. The Hall–Kier alpha value is -1.84. The minimum absolute atomic E-state index is 0.121. The molecule has 0 saturated carbocycles. The van der Waals surface area contributed by atoms with Gasteiger partial charge in [-0.2, -0.15) is 0 Å². The third-order valence-electron chi connectivity index (χ3n) is 4.97. The van der Waals surface area contributed by atoms with Crippen LogP contribution >= 0.6 is 11.6 Å². The largest absolute Gasteiger partial charge is 0.335 e. The number of aryl methyl sites for hydroxylation is 3. The first-order valence-electron chi connectivity index (χ1n) is 8.69. The van der Waals surface area contributed by atoms with E-state index in [1.165, 1.54) is 5.56 Å². The summed E-state index contributed by atoms with van der Waals surface area (Å²) in [5, 5.41) is 0.783. The van der Waals surface area contributed by atoms with E-state index in [2.05, 4.69) is 30.1 Å². The van der Waals surface area contributed by atoms with Crippen LogP contribution in [0.25, 0.3) is 0 Å². The zero-order valence-electron chi connectivity index (χ0n) is 15.3. The van der Waals surface area contributed by atoms with Gasteiger partial charge in [-0.1, -0.05) is 40.9 Å². The molecule has 4 heteroatoms. The highest BCUT2D eigenvalue weighted by atomic mass is 35.5. The summed E-state index contributed by atoms with van der Waals surface area (Å²) >= 11 is 6.17. The molecule has 0 N–H and O–H groups in total. The van der Waals surface area contributed by atoms with Crippen molar-refractivity contribution in [2.24, 2.45) is 0 Å². The van der Waals surface area contributed by atoms with Gasteiger partial charge in [0.1, 0.15) is 0 Å². The number of hydrogen-bond acceptors (Lipinski definition) is 2. The Labute approximate surface area is 155 Å². The fourth-order valence-electron chi connectivity index (χ4n) is 3.57. The Bertz CT molecular complexity index is 782. The van der Waals surface area contributed by atoms with Crippen molar-refractivity contribution in [2.75, 3.05) is 26.7 Å². The van der Waals surface area contributed by atoms with Crippen LogP contribution in [0, 0.1) is 20.8 Å². The Balaban J connectivity index is 1.84. The number of likely N-dealkylation sites (N-methyl/N-ethyl adjacent to an activating group) is 1. The van der Waals surface area contributed by atoms with Crippen LogP contribution in [-0.2, 0) is 0 Å². The highest BCUT2D eigenvalue weighted by Crippen LogP contribution is 2.28. The monoisotopic (exact) mass is 356 g/mol. The number of piperazine rings is 1. The van der Waals surface area contributed by atoms with Crippen molar-refractivity contribution in [2.45, 2.75) is 26.8 Å². The summed E-state index contributed by atoms with van der Waals surface area (Å²) in [6.07, 6.45) is 0. The number of carbonyl (C=O) groups is 1. The number of amides is 1. The average molecular weight is 357 g/mol. The second-order valence-electron chi connectivity index (χ2n) is 7.13. The number of rotatable bonds is 2. The number of benzene rings is 2. The second kappa shape index (κ2) is 7.19. The van der Waals surface area contributed by atoms with E-state index in [-0.39, 0.29) is 11.9 Å². The molecule has 3 nitrogen and oxygen atoms in total. The molecule has 25 heavy (non-hydrogen) atoms. The highest BCUT2D eigenvalue weighted by molar-refractivity contribution is 6.31. The van der Waals surface area contributed by atoms with Gasteiger partial charge in [-0.3, -0.25) is 9.69 Å². The van der Waals surface area contributed by atoms with Crippen LogP contribution in [0.15, 0.2) is 36.4 Å². The normalized spacial score (nSPS) is 18.4. The third kappa shape index (κ3) is 3.88. The molecule has 0 aliphatic carbocycles. The lowest BCUT2D eigenvalue weighted by atomic mass is 10.00. The Morgan fingerprint density at radius 3 is 2.36 bits per heavy atom. The summed E-state index contributed by atoms with van der Waals surface area (Å²) in [4.78, 5) is 17.3. The minimum atomic E-state index is 0.121. The number of hydrogen-bond donors (Lipinski definition) is 0. The predicted octanol–water partition coefficient (Wildman–Crippen LogP) is 4.39. The first-order valence-corrected chi connectivity index (χ1v) is 9.07. The maximum atomic E-state index is 13.0. The van der Waals surface area contributed by atoms with Crippen LogP contribution in [0.1, 0.15) is 38.7 Å². The van der Waals surface area contributed by atoms with E-state index in [0.29, 0.717) is 6.54 Å². The Morgan fingerprint density at radius 2 is 1.72 bits per heavy atom. The zero-order valence-corrected chi connectivity index (χ0v) is 16.1. The molecule has 2 aromatic rings. The van der Waals surface area contributed by atoms with Gasteiger partial charge in [-0.05, 0) is 57.1 Å². The lowest BCUT2D eigenvalue weighted by Gasteiger charge is -2.40. The Kier molecular flexibility index (Phi) is 5.16. The maximum absolute atomic E-state index is 13.0. The van der Waals surface area contributed by atoms with E-state index < -0.39 is 0 Å². The smallest absolute Gasteiger partial charge is 0.253 e. The molecule has 1 aliphatic rings. The van der Waals surface area contributed by atoms with Crippen molar-refractivity contribution in [1.82, 2.24) is 9.80 Å². The summed E-state index contributed by atoms with van der Waals surface area (Å²) in [6.45, 7) is 8.41. The molecular formula is C21H25ClN2O. The standard InChI is InChI=1S/C21H25ClN2O/c1-14-9-15(2)11-18(10-14)21(25)24-8-7-23(4)20(13-24)17-5-6-19(22)16(3)12-17/h5-6,9-12,20H,7-8,13H2,1-4H3. The third-order valence-corrected chi connectivity index (χ3v) is 5.39. The summed E-state index contributed by atoms with van der Waals surface area (Å²) in [7, 11) is 2.12. The van der Waals surface area contributed by atoms with Gasteiger partial charge in [0, 0.05) is 30.2 Å². The molecule has 0 spiro atoms. The van der Waals surface area contributed by atoms with Crippen molar-refractivity contribution in [3.05, 3.63) is 69.2 Å². The number of nitrogens with zero attached hydrogens (tertiary/aromatic N) is 2. The summed E-state index contributed by atoms with van der Waals surface area (Å²) in [5.74, 6) is 0.121. The molecule has 2 aromatic carbocycles. The van der Waals surface area contributed by atoms with E-state index >= 15 is 0 Å². The molecule has 1 saturated heterocycles. The van der Waals surface area contributed by atoms with E-state index in [0.717, 1.165) is 40.4 Å². The van der Waals surface area contributed by atoms with Gasteiger partial charge in [0.15, 0.2) is 0 Å². The van der Waals surface area contributed by atoms with Crippen molar-refractivity contribution < 1.29 is 4.79 Å². The van der Waals surface area contributed by atoms with Crippen molar-refractivity contribution >= 4 is 17.5 Å². The average Bonchev–Trinajstić information content (AvgIpc) is 2.56. The fraction of sp³-hybridized carbons (Fsp3) is 0.381. The van der Waals surface area contributed by atoms with Gasteiger partial charge in [-0.15, -0.1) is 0 Å². The molecule has 1 heterocycles. The fourth-order valence-corrected chi connectivity index (χ4v) is 3.69. The van der Waals surface area contributed by atoms with Crippen LogP contribution in [0.3, 0.4) is 0 Å². The van der Waals surface area contributed by atoms with Gasteiger partial charge in [0.2, 0.25) is 0 Å². The van der Waals surface area contributed by atoms with Gasteiger partial charge in [0.25, 0.3) is 5.91 Å². The molecular weight excluding hydrogens is 332 g/mol. The minimum Gasteiger partial charge on any atom is -0.335 e. The predicted molar refractivity (Wildman–Crippen MR) is 103 cm³/mol. The van der Waals surface area contributed by atoms with Gasteiger partial charge in [0.05, 0.1) is 6.04 Å². The maximum Gasteiger partial charge on any atom is 0.253 e. The first-order chi connectivity index (χ1) is 11.8. The van der Waals surface area contributed by atoms with E-state index in [9.17, 15) is 4.79 Å².